The lowest BCUT2D eigenvalue weighted by atomic mass is 9.64. The van der Waals surface area contributed by atoms with Gasteiger partial charge in [0.25, 0.3) is 0 Å². The monoisotopic (exact) mass is 311 g/mol. The molecule has 0 unspecified atom stereocenters. The molecule has 2 fully saturated rings. The number of nitrogens with two attached hydrogens (primary N) is 1. The molecule has 0 aromatic heterocycles. The lowest BCUT2D eigenvalue weighted by Gasteiger charge is -2.42. The summed E-state index contributed by atoms with van der Waals surface area (Å²) in [5.74, 6) is 1.43. The van der Waals surface area contributed by atoms with E-state index in [2.05, 4.69) is 0 Å². The van der Waals surface area contributed by atoms with Gasteiger partial charge in [0.05, 0.1) is 18.6 Å². The van der Waals surface area contributed by atoms with E-state index in [1.165, 1.54) is 6.42 Å². The fourth-order valence-electron chi connectivity index (χ4n) is 3.08. The molecule has 1 aliphatic heterocycles. The Morgan fingerprint density at radius 2 is 2.00 bits per heavy atom. The molecule has 1 saturated carbocycles. The van der Waals surface area contributed by atoms with E-state index in [1.807, 2.05) is 18.2 Å². The molecule has 1 aromatic rings. The van der Waals surface area contributed by atoms with Crippen molar-refractivity contribution < 1.29 is 17.9 Å². The molecule has 0 radical (unpaired) electrons. The lowest BCUT2D eigenvalue weighted by Crippen LogP contribution is -2.45. The molecule has 0 amide bonds. The minimum absolute atomic E-state index is 0.0517. The Morgan fingerprint density at radius 1 is 1.29 bits per heavy atom. The fraction of sp³-hybridized carbons (Fsp3) is 0.600. The van der Waals surface area contributed by atoms with Crippen LogP contribution in [0, 0.1) is 0 Å². The number of hydrogen-bond donors (Lipinski definition) is 1. The lowest BCUT2D eigenvalue weighted by molar-refractivity contribution is 0.215. The van der Waals surface area contributed by atoms with Gasteiger partial charge in [-0.25, -0.2) is 8.42 Å². The third-order valence-corrected chi connectivity index (χ3v) is 6.41. The van der Waals surface area contributed by atoms with Gasteiger partial charge in [0.15, 0.2) is 21.3 Å². The zero-order valence-corrected chi connectivity index (χ0v) is 13.0. The van der Waals surface area contributed by atoms with Gasteiger partial charge in [0.1, 0.15) is 6.10 Å². The van der Waals surface area contributed by atoms with E-state index < -0.39 is 9.84 Å². The normalized spacial score (nSPS) is 23.0. The summed E-state index contributed by atoms with van der Waals surface area (Å²) in [5, 5.41) is 0. The molecule has 0 atom stereocenters. The Hall–Kier alpha value is -1.27. The third-order valence-electron chi connectivity index (χ3n) is 4.65. The van der Waals surface area contributed by atoms with Crippen molar-refractivity contribution in [3.8, 4) is 11.5 Å². The number of sulfone groups is 1. The number of hydrogen-bond acceptors (Lipinski definition) is 5. The molecule has 1 heterocycles. The smallest absolute Gasteiger partial charge is 0.161 e. The van der Waals surface area contributed by atoms with Crippen molar-refractivity contribution in [3.63, 3.8) is 0 Å². The van der Waals surface area contributed by atoms with E-state index in [4.69, 9.17) is 15.2 Å². The van der Waals surface area contributed by atoms with Crippen LogP contribution < -0.4 is 15.2 Å². The van der Waals surface area contributed by atoms with Crippen molar-refractivity contribution in [1.82, 2.24) is 0 Å². The first-order chi connectivity index (χ1) is 9.98. The van der Waals surface area contributed by atoms with Crippen LogP contribution in [0.1, 0.15) is 24.8 Å². The van der Waals surface area contributed by atoms with Crippen molar-refractivity contribution >= 4 is 9.84 Å². The molecule has 116 valence electrons. The van der Waals surface area contributed by atoms with Crippen LogP contribution in [0.15, 0.2) is 18.2 Å². The second-order valence-electron chi connectivity index (χ2n) is 6.02. The molecule has 6 heteroatoms. The highest BCUT2D eigenvalue weighted by Gasteiger charge is 2.39. The van der Waals surface area contributed by atoms with Gasteiger partial charge in [-0.1, -0.05) is 12.5 Å². The zero-order chi connectivity index (χ0) is 15.1. The quantitative estimate of drug-likeness (QED) is 0.885. The molecule has 5 nitrogen and oxygen atoms in total. The molecule has 1 aliphatic carbocycles. The van der Waals surface area contributed by atoms with Crippen LogP contribution >= 0.6 is 0 Å². The number of rotatable bonds is 5. The topological polar surface area (TPSA) is 78.6 Å². The summed E-state index contributed by atoms with van der Waals surface area (Å²) < 4.78 is 33.6. The molecule has 1 aromatic carbocycles. The van der Waals surface area contributed by atoms with Crippen molar-refractivity contribution in [3.05, 3.63) is 23.8 Å². The summed E-state index contributed by atoms with van der Waals surface area (Å²) in [6, 6.07) is 5.89. The Labute approximate surface area is 125 Å². The maximum absolute atomic E-state index is 11.2. The van der Waals surface area contributed by atoms with Gasteiger partial charge in [-0.05, 0) is 30.5 Å². The molecule has 1 saturated heterocycles. The Morgan fingerprint density at radius 3 is 2.48 bits per heavy atom. The predicted octanol–water partition coefficient (Wildman–Crippen LogP) is 1.25. The summed E-state index contributed by atoms with van der Waals surface area (Å²) >= 11 is 0. The predicted molar refractivity (Wildman–Crippen MR) is 80.6 cm³/mol. The van der Waals surface area contributed by atoms with E-state index in [9.17, 15) is 8.42 Å². The van der Waals surface area contributed by atoms with Crippen LogP contribution in [0.2, 0.25) is 0 Å². The van der Waals surface area contributed by atoms with Crippen molar-refractivity contribution in [2.45, 2.75) is 30.8 Å². The van der Waals surface area contributed by atoms with E-state index in [1.54, 1.807) is 7.11 Å². The number of ether oxygens (including phenoxy) is 2. The highest BCUT2D eigenvalue weighted by atomic mass is 32.2. The highest BCUT2D eigenvalue weighted by molar-refractivity contribution is 7.92. The highest BCUT2D eigenvalue weighted by Crippen LogP contribution is 2.45. The third kappa shape index (κ3) is 2.62. The van der Waals surface area contributed by atoms with Crippen LogP contribution in [0.3, 0.4) is 0 Å². The van der Waals surface area contributed by atoms with Gasteiger partial charge < -0.3 is 15.2 Å². The minimum atomic E-state index is -2.89. The van der Waals surface area contributed by atoms with E-state index in [0.717, 1.165) is 18.4 Å². The molecule has 2 aliphatic rings. The summed E-state index contributed by atoms with van der Waals surface area (Å²) in [4.78, 5) is 0. The summed E-state index contributed by atoms with van der Waals surface area (Å²) in [7, 11) is -1.31. The number of methoxy groups -OCH3 is 1. The average Bonchev–Trinajstić information content (AvgIpc) is 2.36. The second-order valence-corrected chi connectivity index (χ2v) is 8.17. The van der Waals surface area contributed by atoms with Crippen LogP contribution in [-0.4, -0.2) is 39.7 Å². The largest absolute Gasteiger partial charge is 0.493 e. The average molecular weight is 311 g/mol. The van der Waals surface area contributed by atoms with Gasteiger partial charge in [0.2, 0.25) is 0 Å². The Balaban J connectivity index is 1.84. The second kappa shape index (κ2) is 5.18. The van der Waals surface area contributed by atoms with Crippen molar-refractivity contribution in [2.75, 3.05) is 25.2 Å². The standard InChI is InChI=1S/C15H21NO4S/c1-19-13-4-3-11(15(10-16)5-2-6-15)7-14(13)20-12-8-21(17,18)9-12/h3-4,7,12H,2,5-6,8-10,16H2,1H3. The van der Waals surface area contributed by atoms with E-state index >= 15 is 0 Å². The maximum atomic E-state index is 11.2. The fourth-order valence-corrected chi connectivity index (χ4v) is 4.25. The summed E-state index contributed by atoms with van der Waals surface area (Å²) in [6.45, 7) is 0.622. The molecule has 0 spiro atoms. The SMILES string of the molecule is COc1ccc(C2(CN)CCC2)cc1OC1CS(=O)(=O)C1. The summed E-state index contributed by atoms with van der Waals surface area (Å²) in [5.41, 5.74) is 7.16. The first-order valence-electron chi connectivity index (χ1n) is 7.24. The van der Waals surface area contributed by atoms with Crippen LogP contribution in [0.5, 0.6) is 11.5 Å². The van der Waals surface area contributed by atoms with Crippen LogP contribution in [0.25, 0.3) is 0 Å². The Kier molecular flexibility index (Phi) is 3.61. The van der Waals surface area contributed by atoms with Crippen molar-refractivity contribution in [1.29, 1.82) is 0 Å². The van der Waals surface area contributed by atoms with Gasteiger partial charge in [-0.3, -0.25) is 0 Å². The Bertz CT molecular complexity index is 620. The van der Waals surface area contributed by atoms with Crippen LogP contribution in [-0.2, 0) is 15.3 Å². The summed E-state index contributed by atoms with van der Waals surface area (Å²) in [6.07, 6.45) is 3.11. The molecule has 0 bridgehead atoms. The molecular weight excluding hydrogens is 290 g/mol. The molecule has 2 N–H and O–H groups in total. The van der Waals surface area contributed by atoms with Gasteiger partial charge in [0, 0.05) is 12.0 Å². The number of benzene rings is 1. The van der Waals surface area contributed by atoms with Crippen LogP contribution in [0.4, 0.5) is 0 Å². The maximum Gasteiger partial charge on any atom is 0.161 e. The van der Waals surface area contributed by atoms with E-state index in [0.29, 0.717) is 18.0 Å². The van der Waals surface area contributed by atoms with Gasteiger partial charge in [-0.2, -0.15) is 0 Å². The van der Waals surface area contributed by atoms with Crippen molar-refractivity contribution in [2.24, 2.45) is 5.73 Å². The first kappa shape index (κ1) is 14.7. The molecule has 21 heavy (non-hydrogen) atoms. The van der Waals surface area contributed by atoms with Gasteiger partial charge in [-0.15, -0.1) is 0 Å². The molecule has 3 rings (SSSR count). The molecular formula is C15H21NO4S. The zero-order valence-electron chi connectivity index (χ0n) is 12.2. The minimum Gasteiger partial charge on any atom is -0.493 e. The van der Waals surface area contributed by atoms with Gasteiger partial charge >= 0.3 is 0 Å². The first-order valence-corrected chi connectivity index (χ1v) is 9.06. The van der Waals surface area contributed by atoms with E-state index in [-0.39, 0.29) is 23.0 Å².